The van der Waals surface area contributed by atoms with E-state index in [1.165, 1.54) is 18.3 Å². The standard InChI is InChI=1S/C18H21N7O/c1-11-14(12(2)25-18(22-11)20-10-21-25)7-8-16(26)24-17-19-9-13-5-3-4-6-15(13)23-17/h9-10H,3-8H2,1-2H3,(H,19,23,24,26). The average Bonchev–Trinajstić information content (AvgIpc) is 3.10. The molecule has 1 aliphatic carbocycles. The lowest BCUT2D eigenvalue weighted by atomic mass is 9.98. The number of nitrogens with zero attached hydrogens (tertiary/aromatic N) is 6. The fourth-order valence-electron chi connectivity index (χ4n) is 3.48. The lowest BCUT2D eigenvalue weighted by Gasteiger charge is -2.15. The Morgan fingerprint density at radius 2 is 2.04 bits per heavy atom. The second-order valence-electron chi connectivity index (χ2n) is 6.65. The number of aryl methyl sites for hydroxylation is 4. The number of nitrogens with one attached hydrogen (secondary N) is 1. The minimum atomic E-state index is -0.0988. The van der Waals surface area contributed by atoms with Crippen molar-refractivity contribution in [1.29, 1.82) is 0 Å². The van der Waals surface area contributed by atoms with E-state index in [-0.39, 0.29) is 5.91 Å². The van der Waals surface area contributed by atoms with E-state index >= 15 is 0 Å². The molecule has 3 aromatic heterocycles. The van der Waals surface area contributed by atoms with E-state index in [2.05, 4.69) is 30.4 Å². The van der Waals surface area contributed by atoms with Crippen molar-refractivity contribution >= 4 is 17.6 Å². The SMILES string of the molecule is Cc1nc2ncnn2c(C)c1CCC(=O)Nc1ncc2c(n1)CCCC2. The molecule has 1 aliphatic rings. The van der Waals surface area contributed by atoms with E-state index in [1.54, 1.807) is 4.52 Å². The molecular formula is C18H21N7O. The summed E-state index contributed by atoms with van der Waals surface area (Å²) in [6.07, 6.45) is 8.56. The van der Waals surface area contributed by atoms with E-state index in [4.69, 9.17) is 0 Å². The van der Waals surface area contributed by atoms with E-state index in [9.17, 15) is 4.79 Å². The van der Waals surface area contributed by atoms with Gasteiger partial charge in [-0.1, -0.05) is 0 Å². The van der Waals surface area contributed by atoms with Crippen LogP contribution < -0.4 is 5.32 Å². The highest BCUT2D eigenvalue weighted by Crippen LogP contribution is 2.20. The van der Waals surface area contributed by atoms with Gasteiger partial charge < -0.3 is 0 Å². The number of fused-ring (bicyclic) bond motifs is 2. The highest BCUT2D eigenvalue weighted by molar-refractivity contribution is 5.89. The summed E-state index contributed by atoms with van der Waals surface area (Å²) in [6.45, 7) is 3.90. The van der Waals surface area contributed by atoms with Crippen molar-refractivity contribution in [2.45, 2.75) is 52.4 Å². The van der Waals surface area contributed by atoms with Crippen LogP contribution in [0.1, 0.15) is 47.5 Å². The summed E-state index contributed by atoms with van der Waals surface area (Å²) >= 11 is 0. The molecule has 0 saturated carbocycles. The van der Waals surface area contributed by atoms with Gasteiger partial charge in [0.05, 0.1) is 0 Å². The molecule has 0 unspecified atom stereocenters. The molecule has 0 bridgehead atoms. The number of anilines is 1. The molecule has 0 aromatic carbocycles. The van der Waals surface area contributed by atoms with Crippen LogP contribution >= 0.6 is 0 Å². The Balaban J connectivity index is 1.44. The zero-order chi connectivity index (χ0) is 18.1. The molecule has 0 fully saturated rings. The van der Waals surface area contributed by atoms with E-state index in [0.717, 1.165) is 41.9 Å². The first-order valence-electron chi connectivity index (χ1n) is 8.92. The van der Waals surface area contributed by atoms with Gasteiger partial charge in [-0.05, 0) is 57.1 Å². The first-order valence-corrected chi connectivity index (χ1v) is 8.92. The molecule has 0 radical (unpaired) electrons. The molecule has 8 nitrogen and oxygen atoms in total. The third kappa shape index (κ3) is 3.14. The molecule has 26 heavy (non-hydrogen) atoms. The molecule has 3 heterocycles. The Morgan fingerprint density at radius 3 is 2.92 bits per heavy atom. The maximum Gasteiger partial charge on any atom is 0.252 e. The summed E-state index contributed by atoms with van der Waals surface area (Å²) in [7, 11) is 0. The van der Waals surface area contributed by atoms with Crippen LogP contribution in [0, 0.1) is 13.8 Å². The summed E-state index contributed by atoms with van der Waals surface area (Å²) in [5.74, 6) is 0.878. The molecule has 0 aliphatic heterocycles. The maximum absolute atomic E-state index is 12.3. The highest BCUT2D eigenvalue weighted by atomic mass is 16.1. The molecule has 1 amide bonds. The van der Waals surface area contributed by atoms with E-state index < -0.39 is 0 Å². The fourth-order valence-corrected chi connectivity index (χ4v) is 3.48. The summed E-state index contributed by atoms with van der Waals surface area (Å²) in [5, 5.41) is 7.00. The predicted octanol–water partition coefficient (Wildman–Crippen LogP) is 1.98. The van der Waals surface area contributed by atoms with Crippen molar-refractivity contribution < 1.29 is 4.79 Å². The van der Waals surface area contributed by atoms with Crippen molar-refractivity contribution in [2.24, 2.45) is 0 Å². The van der Waals surface area contributed by atoms with Crippen molar-refractivity contribution in [3.05, 3.63) is 40.7 Å². The second-order valence-corrected chi connectivity index (χ2v) is 6.65. The predicted molar refractivity (Wildman–Crippen MR) is 95.9 cm³/mol. The van der Waals surface area contributed by atoms with Gasteiger partial charge in [-0.25, -0.2) is 19.5 Å². The first kappa shape index (κ1) is 16.6. The Morgan fingerprint density at radius 1 is 1.19 bits per heavy atom. The van der Waals surface area contributed by atoms with Gasteiger partial charge in [0.2, 0.25) is 11.9 Å². The van der Waals surface area contributed by atoms with Crippen LogP contribution in [0.25, 0.3) is 5.78 Å². The quantitative estimate of drug-likeness (QED) is 0.772. The van der Waals surface area contributed by atoms with Crippen LogP contribution in [0.15, 0.2) is 12.5 Å². The van der Waals surface area contributed by atoms with Gasteiger partial charge in [0.1, 0.15) is 6.33 Å². The number of carbonyl (C=O) groups is 1. The number of hydrogen-bond acceptors (Lipinski definition) is 6. The third-order valence-corrected chi connectivity index (χ3v) is 4.91. The lowest BCUT2D eigenvalue weighted by Crippen LogP contribution is -2.17. The Bertz CT molecular complexity index is 979. The molecule has 134 valence electrons. The number of hydrogen-bond donors (Lipinski definition) is 1. The summed E-state index contributed by atoms with van der Waals surface area (Å²) in [5.41, 5.74) is 5.12. The number of carbonyl (C=O) groups excluding carboxylic acids is 1. The minimum Gasteiger partial charge on any atom is -0.295 e. The minimum absolute atomic E-state index is 0.0988. The van der Waals surface area contributed by atoms with Crippen molar-refractivity contribution in [3.63, 3.8) is 0 Å². The third-order valence-electron chi connectivity index (χ3n) is 4.91. The molecule has 0 atom stereocenters. The van der Waals surface area contributed by atoms with Gasteiger partial charge >= 0.3 is 0 Å². The number of amides is 1. The molecule has 8 heteroatoms. The normalized spacial score (nSPS) is 13.6. The average molecular weight is 351 g/mol. The number of rotatable bonds is 4. The first-order chi connectivity index (χ1) is 12.6. The zero-order valence-corrected chi connectivity index (χ0v) is 15.0. The lowest BCUT2D eigenvalue weighted by molar-refractivity contribution is -0.116. The zero-order valence-electron chi connectivity index (χ0n) is 15.0. The fraction of sp³-hybridized carbons (Fsp3) is 0.444. The van der Waals surface area contributed by atoms with Crippen LogP contribution in [-0.4, -0.2) is 35.5 Å². The van der Waals surface area contributed by atoms with Crippen molar-refractivity contribution in [1.82, 2.24) is 29.5 Å². The molecule has 1 N–H and O–H groups in total. The van der Waals surface area contributed by atoms with Gasteiger partial charge in [-0.2, -0.15) is 10.1 Å². The van der Waals surface area contributed by atoms with Gasteiger partial charge in [-0.3, -0.25) is 10.1 Å². The monoisotopic (exact) mass is 351 g/mol. The van der Waals surface area contributed by atoms with Crippen LogP contribution in [0.4, 0.5) is 5.95 Å². The summed E-state index contributed by atoms with van der Waals surface area (Å²) in [6, 6.07) is 0. The van der Waals surface area contributed by atoms with E-state index in [1.807, 2.05) is 20.0 Å². The molecular weight excluding hydrogens is 330 g/mol. The molecule has 0 spiro atoms. The largest absolute Gasteiger partial charge is 0.295 e. The smallest absolute Gasteiger partial charge is 0.252 e. The van der Waals surface area contributed by atoms with Crippen LogP contribution in [0.2, 0.25) is 0 Å². The Hall–Kier alpha value is -2.90. The van der Waals surface area contributed by atoms with Gasteiger partial charge in [0.15, 0.2) is 0 Å². The molecule has 3 aromatic rings. The molecule has 4 rings (SSSR count). The highest BCUT2D eigenvalue weighted by Gasteiger charge is 2.15. The van der Waals surface area contributed by atoms with Crippen molar-refractivity contribution in [3.8, 4) is 0 Å². The van der Waals surface area contributed by atoms with Crippen LogP contribution in [0.5, 0.6) is 0 Å². The molecule has 0 saturated heterocycles. The Kier molecular flexibility index (Phi) is 4.32. The van der Waals surface area contributed by atoms with Gasteiger partial charge in [0, 0.05) is 29.7 Å². The maximum atomic E-state index is 12.3. The van der Waals surface area contributed by atoms with Crippen molar-refractivity contribution in [2.75, 3.05) is 5.32 Å². The topological polar surface area (TPSA) is 98.0 Å². The number of aromatic nitrogens is 6. The second kappa shape index (κ2) is 6.78. The van der Waals surface area contributed by atoms with Crippen LogP contribution in [0.3, 0.4) is 0 Å². The summed E-state index contributed by atoms with van der Waals surface area (Å²) in [4.78, 5) is 29.7. The Labute approximate surface area is 151 Å². The van der Waals surface area contributed by atoms with Gasteiger partial charge in [-0.15, -0.1) is 0 Å². The summed E-state index contributed by atoms with van der Waals surface area (Å²) < 4.78 is 1.70. The van der Waals surface area contributed by atoms with Crippen LogP contribution in [-0.2, 0) is 24.1 Å². The van der Waals surface area contributed by atoms with Gasteiger partial charge in [0.25, 0.3) is 5.78 Å². The van der Waals surface area contributed by atoms with E-state index in [0.29, 0.717) is 24.6 Å².